The van der Waals surface area contributed by atoms with Gasteiger partial charge in [-0.05, 0) is 40.9 Å². The zero-order chi connectivity index (χ0) is 15.4. The van der Waals surface area contributed by atoms with Gasteiger partial charge in [-0.1, -0.05) is 0 Å². The first-order valence-electron chi connectivity index (χ1n) is 7.64. The van der Waals surface area contributed by atoms with Gasteiger partial charge in [0.1, 0.15) is 5.52 Å². The number of halogens is 1. The Labute approximate surface area is 139 Å². The van der Waals surface area contributed by atoms with Gasteiger partial charge < -0.3 is 15.0 Å². The third-order valence-corrected chi connectivity index (χ3v) is 4.54. The van der Waals surface area contributed by atoms with E-state index in [1.54, 1.807) is 7.11 Å². The van der Waals surface area contributed by atoms with Crippen LogP contribution in [-0.4, -0.2) is 54.3 Å². The van der Waals surface area contributed by atoms with E-state index in [1.165, 1.54) is 0 Å². The van der Waals surface area contributed by atoms with E-state index in [9.17, 15) is 0 Å². The van der Waals surface area contributed by atoms with Crippen LogP contribution in [0.1, 0.15) is 12.8 Å². The highest BCUT2D eigenvalue weighted by atomic mass is 79.9. The van der Waals surface area contributed by atoms with Crippen LogP contribution in [0.15, 0.2) is 29.0 Å². The van der Waals surface area contributed by atoms with Gasteiger partial charge in [0.05, 0.1) is 17.8 Å². The number of rotatable bonds is 5. The molecule has 1 fully saturated rings. The van der Waals surface area contributed by atoms with Crippen molar-refractivity contribution in [2.45, 2.75) is 18.9 Å². The number of aromatic nitrogens is 2. The van der Waals surface area contributed by atoms with Crippen LogP contribution in [0.25, 0.3) is 11.0 Å². The van der Waals surface area contributed by atoms with Crippen molar-refractivity contribution in [1.82, 2.24) is 14.9 Å². The fourth-order valence-electron chi connectivity index (χ4n) is 2.86. The Balaban J connectivity index is 1.65. The second-order valence-electron chi connectivity index (χ2n) is 5.63. The molecular weight excluding hydrogens is 344 g/mol. The fraction of sp³-hybridized carbons (Fsp3) is 0.500. The molecule has 1 aliphatic heterocycles. The van der Waals surface area contributed by atoms with E-state index in [0.717, 1.165) is 60.3 Å². The number of hydrogen-bond acceptors (Lipinski definition) is 5. The number of hydrogen-bond donors (Lipinski definition) is 1. The molecule has 6 heteroatoms. The molecule has 0 aromatic carbocycles. The van der Waals surface area contributed by atoms with Crippen LogP contribution in [0.3, 0.4) is 0 Å². The van der Waals surface area contributed by atoms with Crippen molar-refractivity contribution in [3.63, 3.8) is 0 Å². The summed E-state index contributed by atoms with van der Waals surface area (Å²) in [5.41, 5.74) is 2.93. The number of likely N-dealkylation sites (tertiary alicyclic amines) is 1. The number of nitrogens with one attached hydrogen (secondary N) is 1. The van der Waals surface area contributed by atoms with E-state index in [2.05, 4.69) is 36.1 Å². The lowest BCUT2D eigenvalue weighted by atomic mass is 10.0. The molecule has 118 valence electrons. The maximum absolute atomic E-state index is 5.15. The number of fused-ring (bicyclic) bond motifs is 1. The fourth-order valence-corrected chi connectivity index (χ4v) is 3.18. The normalized spacial score (nSPS) is 17.0. The third-order valence-electron chi connectivity index (χ3n) is 4.10. The standard InChI is InChI=1S/C16H21BrN4O/c1-22-9-8-21-6-3-13(4-7-21)20-14-2-5-18-15-10-12(17)11-19-16(14)15/h2,5,10-11,13H,3-4,6-9H2,1H3,(H,18,20). The van der Waals surface area contributed by atoms with Gasteiger partial charge in [0, 0.05) is 49.7 Å². The highest BCUT2D eigenvalue weighted by Crippen LogP contribution is 2.24. The van der Waals surface area contributed by atoms with Crippen LogP contribution < -0.4 is 5.32 Å². The Morgan fingerprint density at radius 3 is 2.95 bits per heavy atom. The molecule has 1 aliphatic rings. The number of nitrogens with zero attached hydrogens (tertiary/aromatic N) is 3. The predicted octanol–water partition coefficient (Wildman–Crippen LogP) is 2.92. The summed E-state index contributed by atoms with van der Waals surface area (Å²) in [6.45, 7) is 4.06. The largest absolute Gasteiger partial charge is 0.383 e. The second-order valence-corrected chi connectivity index (χ2v) is 6.55. The molecule has 0 aliphatic carbocycles. The number of pyridine rings is 2. The van der Waals surface area contributed by atoms with Gasteiger partial charge >= 0.3 is 0 Å². The summed E-state index contributed by atoms with van der Waals surface area (Å²) in [6, 6.07) is 4.51. The maximum Gasteiger partial charge on any atom is 0.112 e. The van der Waals surface area contributed by atoms with E-state index in [0.29, 0.717) is 6.04 Å². The predicted molar refractivity (Wildman–Crippen MR) is 92.2 cm³/mol. The van der Waals surface area contributed by atoms with Gasteiger partial charge in [-0.2, -0.15) is 0 Å². The summed E-state index contributed by atoms with van der Waals surface area (Å²) < 4.78 is 6.10. The van der Waals surface area contributed by atoms with Gasteiger partial charge in [0.25, 0.3) is 0 Å². The highest BCUT2D eigenvalue weighted by Gasteiger charge is 2.19. The first-order valence-corrected chi connectivity index (χ1v) is 8.43. The number of ether oxygens (including phenoxy) is 1. The minimum atomic E-state index is 0.495. The van der Waals surface area contributed by atoms with Crippen LogP contribution in [0, 0.1) is 0 Å². The van der Waals surface area contributed by atoms with Crippen LogP contribution in [0.4, 0.5) is 5.69 Å². The van der Waals surface area contributed by atoms with Gasteiger partial charge in [-0.3, -0.25) is 9.97 Å². The minimum Gasteiger partial charge on any atom is -0.383 e. The van der Waals surface area contributed by atoms with Crippen LogP contribution in [0.5, 0.6) is 0 Å². The molecule has 0 radical (unpaired) electrons. The zero-order valence-electron chi connectivity index (χ0n) is 12.8. The molecule has 0 atom stereocenters. The molecule has 0 unspecified atom stereocenters. The van der Waals surface area contributed by atoms with Crippen molar-refractivity contribution in [3.8, 4) is 0 Å². The molecule has 2 aromatic rings. The molecule has 1 N–H and O–H groups in total. The summed E-state index contributed by atoms with van der Waals surface area (Å²) >= 11 is 3.44. The van der Waals surface area contributed by atoms with E-state index < -0.39 is 0 Å². The van der Waals surface area contributed by atoms with E-state index in [4.69, 9.17) is 4.74 Å². The molecule has 3 rings (SSSR count). The molecule has 1 saturated heterocycles. The maximum atomic E-state index is 5.15. The van der Waals surface area contributed by atoms with Gasteiger partial charge in [0.2, 0.25) is 0 Å². The van der Waals surface area contributed by atoms with Gasteiger partial charge in [-0.25, -0.2) is 0 Å². The van der Waals surface area contributed by atoms with Crippen molar-refractivity contribution >= 4 is 32.7 Å². The number of anilines is 1. The van der Waals surface area contributed by atoms with Crippen molar-refractivity contribution in [2.24, 2.45) is 0 Å². The molecule has 0 saturated carbocycles. The minimum absolute atomic E-state index is 0.495. The van der Waals surface area contributed by atoms with Crippen molar-refractivity contribution in [3.05, 3.63) is 29.0 Å². The Morgan fingerprint density at radius 2 is 2.18 bits per heavy atom. The smallest absolute Gasteiger partial charge is 0.112 e. The molecule has 22 heavy (non-hydrogen) atoms. The lowest BCUT2D eigenvalue weighted by Crippen LogP contribution is -2.40. The van der Waals surface area contributed by atoms with Crippen LogP contribution in [0.2, 0.25) is 0 Å². The first kappa shape index (κ1) is 15.6. The highest BCUT2D eigenvalue weighted by molar-refractivity contribution is 9.10. The second kappa shape index (κ2) is 7.35. The molecule has 0 bridgehead atoms. The van der Waals surface area contributed by atoms with Crippen LogP contribution >= 0.6 is 15.9 Å². The topological polar surface area (TPSA) is 50.3 Å². The van der Waals surface area contributed by atoms with E-state index in [-0.39, 0.29) is 0 Å². The van der Waals surface area contributed by atoms with Crippen molar-refractivity contribution in [1.29, 1.82) is 0 Å². The zero-order valence-corrected chi connectivity index (χ0v) is 14.3. The Morgan fingerprint density at radius 1 is 1.36 bits per heavy atom. The monoisotopic (exact) mass is 364 g/mol. The van der Waals surface area contributed by atoms with Crippen molar-refractivity contribution < 1.29 is 4.74 Å². The first-order chi connectivity index (χ1) is 10.8. The summed E-state index contributed by atoms with van der Waals surface area (Å²) in [4.78, 5) is 11.3. The van der Waals surface area contributed by atoms with E-state index >= 15 is 0 Å². The van der Waals surface area contributed by atoms with E-state index in [1.807, 2.05) is 24.5 Å². The lowest BCUT2D eigenvalue weighted by molar-refractivity contribution is 0.132. The average molecular weight is 365 g/mol. The third kappa shape index (κ3) is 3.74. The Hall–Kier alpha value is -1.24. The quantitative estimate of drug-likeness (QED) is 0.883. The molecule has 2 aromatic heterocycles. The van der Waals surface area contributed by atoms with Gasteiger partial charge in [-0.15, -0.1) is 0 Å². The van der Waals surface area contributed by atoms with Gasteiger partial charge in [0.15, 0.2) is 0 Å². The number of piperidine rings is 1. The summed E-state index contributed by atoms with van der Waals surface area (Å²) in [6.07, 6.45) is 5.95. The Bertz CT molecular complexity index is 629. The Kier molecular flexibility index (Phi) is 5.23. The lowest BCUT2D eigenvalue weighted by Gasteiger charge is -2.32. The molecule has 3 heterocycles. The van der Waals surface area contributed by atoms with Crippen LogP contribution in [-0.2, 0) is 4.74 Å². The SMILES string of the molecule is COCCN1CCC(Nc2ccnc3cc(Br)cnc23)CC1. The molecule has 0 amide bonds. The number of methoxy groups -OCH3 is 1. The molecule has 0 spiro atoms. The molecular formula is C16H21BrN4O. The summed E-state index contributed by atoms with van der Waals surface area (Å²) in [5, 5.41) is 3.64. The summed E-state index contributed by atoms with van der Waals surface area (Å²) in [7, 11) is 1.76. The average Bonchev–Trinajstić information content (AvgIpc) is 2.54. The summed E-state index contributed by atoms with van der Waals surface area (Å²) in [5.74, 6) is 0. The van der Waals surface area contributed by atoms with Crippen molar-refractivity contribution in [2.75, 3.05) is 38.7 Å². The molecule has 5 nitrogen and oxygen atoms in total.